The number of likely N-dealkylation sites (N-methyl/N-ethyl adjacent to an activating group) is 1. The van der Waals surface area contributed by atoms with Crippen molar-refractivity contribution in [1.29, 1.82) is 0 Å². The molecule has 0 saturated heterocycles. The Hall–Kier alpha value is -2.91. The number of hydrogen-bond donors (Lipinski definition) is 1. The third kappa shape index (κ3) is 7.03. The number of amides is 2. The summed E-state index contributed by atoms with van der Waals surface area (Å²) < 4.78 is 31.9. The van der Waals surface area contributed by atoms with E-state index in [0.29, 0.717) is 18.6 Å². The second-order valence-corrected chi connectivity index (χ2v) is 9.70. The topological polar surface area (TPSA) is 96.0 Å². The average Bonchev–Trinajstić information content (AvgIpc) is 2.84. The molecule has 0 aliphatic carbocycles. The molecule has 2 amide bonds. The lowest BCUT2D eigenvalue weighted by atomic mass is 10.1. The lowest BCUT2D eigenvalue weighted by molar-refractivity contribution is -0.141. The summed E-state index contributed by atoms with van der Waals surface area (Å²) in [7, 11) is 0.994. The third-order valence-electron chi connectivity index (χ3n) is 5.43. The predicted molar refractivity (Wildman–Crippen MR) is 127 cm³/mol. The van der Waals surface area contributed by atoms with Crippen LogP contribution in [0, 0.1) is 0 Å². The van der Waals surface area contributed by atoms with Crippen LogP contribution in [0.2, 0.25) is 0 Å². The van der Waals surface area contributed by atoms with Crippen molar-refractivity contribution in [1.82, 2.24) is 14.5 Å². The molecule has 0 bridgehead atoms. The standard InChI is InChI=1S/C24H33N3O5S/c1-5-22(24(29)25-2)27(18-19-11-9-12-20(17-19)32-4)23(28)15-10-16-26(3)33(30,31)21-13-7-6-8-14-21/h6-9,11-14,17,22H,5,10,15-16,18H2,1-4H3,(H,25,29)/t22-/m1/s1. The van der Waals surface area contributed by atoms with Crippen LogP contribution in [0.4, 0.5) is 0 Å². The lowest BCUT2D eigenvalue weighted by Crippen LogP contribution is -2.48. The van der Waals surface area contributed by atoms with E-state index in [4.69, 9.17) is 4.74 Å². The first-order valence-electron chi connectivity index (χ1n) is 10.9. The molecule has 0 aromatic heterocycles. The summed E-state index contributed by atoms with van der Waals surface area (Å²) >= 11 is 0. The van der Waals surface area contributed by atoms with Crippen LogP contribution < -0.4 is 10.1 Å². The highest BCUT2D eigenvalue weighted by molar-refractivity contribution is 7.89. The zero-order valence-corrected chi connectivity index (χ0v) is 20.5. The number of nitrogens with zero attached hydrogens (tertiary/aromatic N) is 2. The molecule has 33 heavy (non-hydrogen) atoms. The summed E-state index contributed by atoms with van der Waals surface area (Å²) in [4.78, 5) is 27.4. The van der Waals surface area contributed by atoms with Crippen LogP contribution in [0.5, 0.6) is 5.75 Å². The minimum atomic E-state index is -3.62. The highest BCUT2D eigenvalue weighted by Crippen LogP contribution is 2.19. The number of rotatable bonds is 12. The molecule has 1 N–H and O–H groups in total. The maximum atomic E-state index is 13.2. The van der Waals surface area contributed by atoms with E-state index in [-0.39, 0.29) is 36.2 Å². The summed E-state index contributed by atoms with van der Waals surface area (Å²) in [5.74, 6) is 0.219. The molecule has 0 aliphatic rings. The second kappa shape index (κ2) is 12.4. The van der Waals surface area contributed by atoms with E-state index in [0.717, 1.165) is 5.56 Å². The van der Waals surface area contributed by atoms with Crippen molar-refractivity contribution >= 4 is 21.8 Å². The fourth-order valence-electron chi connectivity index (χ4n) is 3.54. The molecular formula is C24H33N3O5S. The second-order valence-electron chi connectivity index (χ2n) is 7.65. The van der Waals surface area contributed by atoms with Crippen LogP contribution in [0.25, 0.3) is 0 Å². The van der Waals surface area contributed by atoms with Gasteiger partial charge in [0, 0.05) is 33.6 Å². The summed E-state index contributed by atoms with van der Waals surface area (Å²) in [5.41, 5.74) is 0.842. The molecular weight excluding hydrogens is 442 g/mol. The van der Waals surface area contributed by atoms with Gasteiger partial charge >= 0.3 is 0 Å². The number of benzene rings is 2. The van der Waals surface area contributed by atoms with Gasteiger partial charge in [-0.2, -0.15) is 0 Å². The lowest BCUT2D eigenvalue weighted by Gasteiger charge is -2.30. The number of nitrogens with one attached hydrogen (secondary N) is 1. The van der Waals surface area contributed by atoms with Crippen LogP contribution in [0.3, 0.4) is 0 Å². The van der Waals surface area contributed by atoms with Crippen LogP contribution >= 0.6 is 0 Å². The largest absolute Gasteiger partial charge is 0.497 e. The van der Waals surface area contributed by atoms with Crippen LogP contribution in [-0.4, -0.2) is 63.2 Å². The minimum Gasteiger partial charge on any atom is -0.497 e. The highest BCUT2D eigenvalue weighted by Gasteiger charge is 2.28. The zero-order valence-electron chi connectivity index (χ0n) is 19.7. The van der Waals surface area contributed by atoms with Gasteiger partial charge in [-0.1, -0.05) is 37.3 Å². The summed E-state index contributed by atoms with van der Waals surface area (Å²) in [5, 5.41) is 2.63. The Morgan fingerprint density at radius 1 is 1.09 bits per heavy atom. The van der Waals surface area contributed by atoms with Gasteiger partial charge in [-0.3, -0.25) is 9.59 Å². The van der Waals surface area contributed by atoms with Crippen molar-refractivity contribution in [3.63, 3.8) is 0 Å². The van der Waals surface area contributed by atoms with E-state index in [1.54, 1.807) is 49.4 Å². The Kier molecular flexibility index (Phi) is 9.87. The molecule has 2 rings (SSSR count). The van der Waals surface area contributed by atoms with Gasteiger partial charge in [0.15, 0.2) is 0 Å². The Balaban J connectivity index is 2.11. The van der Waals surface area contributed by atoms with Crippen LogP contribution in [0.1, 0.15) is 31.7 Å². The van der Waals surface area contributed by atoms with E-state index in [9.17, 15) is 18.0 Å². The Morgan fingerprint density at radius 3 is 2.39 bits per heavy atom. The number of ether oxygens (including phenoxy) is 1. The molecule has 0 spiro atoms. The Bertz CT molecular complexity index is 1030. The highest BCUT2D eigenvalue weighted by atomic mass is 32.2. The van der Waals surface area contributed by atoms with E-state index < -0.39 is 16.1 Å². The first-order valence-corrected chi connectivity index (χ1v) is 12.3. The molecule has 2 aromatic carbocycles. The van der Waals surface area contributed by atoms with Gasteiger partial charge in [-0.05, 0) is 42.7 Å². The molecule has 1 atom stereocenters. The Morgan fingerprint density at radius 2 is 1.79 bits per heavy atom. The van der Waals surface area contributed by atoms with E-state index in [1.165, 1.54) is 11.4 Å². The maximum absolute atomic E-state index is 13.2. The summed E-state index contributed by atoms with van der Waals surface area (Å²) in [6.07, 6.45) is 0.907. The molecule has 0 fully saturated rings. The van der Waals surface area contributed by atoms with Crippen molar-refractivity contribution < 1.29 is 22.7 Å². The zero-order chi connectivity index (χ0) is 24.4. The van der Waals surface area contributed by atoms with Crippen molar-refractivity contribution in [2.75, 3.05) is 27.7 Å². The van der Waals surface area contributed by atoms with Crippen LogP contribution in [0.15, 0.2) is 59.5 Å². The molecule has 0 heterocycles. The number of carbonyl (C=O) groups is 2. The van der Waals surface area contributed by atoms with Crippen molar-refractivity contribution in [3.8, 4) is 5.75 Å². The van der Waals surface area contributed by atoms with E-state index >= 15 is 0 Å². The van der Waals surface area contributed by atoms with Crippen molar-refractivity contribution in [3.05, 3.63) is 60.2 Å². The monoisotopic (exact) mass is 475 g/mol. The van der Waals surface area contributed by atoms with Gasteiger partial charge in [0.25, 0.3) is 0 Å². The summed E-state index contributed by atoms with van der Waals surface area (Å²) in [6.45, 7) is 2.29. The molecule has 9 heteroatoms. The molecule has 0 aliphatic heterocycles. The number of hydrogen-bond acceptors (Lipinski definition) is 5. The fourth-order valence-corrected chi connectivity index (χ4v) is 4.77. The van der Waals surface area contributed by atoms with Gasteiger partial charge in [-0.15, -0.1) is 0 Å². The van der Waals surface area contributed by atoms with Gasteiger partial charge in [-0.25, -0.2) is 12.7 Å². The molecule has 8 nitrogen and oxygen atoms in total. The first kappa shape index (κ1) is 26.3. The number of methoxy groups -OCH3 is 1. The molecule has 0 radical (unpaired) electrons. The van der Waals surface area contributed by atoms with E-state index in [1.807, 2.05) is 31.2 Å². The average molecular weight is 476 g/mol. The van der Waals surface area contributed by atoms with Gasteiger partial charge < -0.3 is 15.0 Å². The predicted octanol–water partition coefficient (Wildman–Crippen LogP) is 2.65. The van der Waals surface area contributed by atoms with Gasteiger partial charge in [0.2, 0.25) is 21.8 Å². The molecule has 180 valence electrons. The molecule has 2 aromatic rings. The number of sulfonamides is 1. The summed E-state index contributed by atoms with van der Waals surface area (Å²) in [6, 6.07) is 14.9. The van der Waals surface area contributed by atoms with E-state index in [2.05, 4.69) is 5.32 Å². The number of carbonyl (C=O) groups excluding carboxylic acids is 2. The quantitative estimate of drug-likeness (QED) is 0.509. The Labute approximate surface area is 196 Å². The first-order chi connectivity index (χ1) is 15.7. The smallest absolute Gasteiger partial charge is 0.242 e. The van der Waals surface area contributed by atoms with Crippen molar-refractivity contribution in [2.45, 2.75) is 43.7 Å². The molecule has 0 saturated carbocycles. The van der Waals surface area contributed by atoms with Gasteiger partial charge in [0.1, 0.15) is 11.8 Å². The third-order valence-corrected chi connectivity index (χ3v) is 7.31. The minimum absolute atomic E-state index is 0.117. The van der Waals surface area contributed by atoms with Crippen molar-refractivity contribution in [2.24, 2.45) is 0 Å². The maximum Gasteiger partial charge on any atom is 0.242 e. The SMILES string of the molecule is CC[C@H](C(=O)NC)N(Cc1cccc(OC)c1)C(=O)CCCN(C)S(=O)(=O)c1ccccc1. The van der Waals surface area contributed by atoms with Gasteiger partial charge in [0.05, 0.1) is 12.0 Å². The molecule has 0 unspecified atom stereocenters. The fraction of sp³-hybridized carbons (Fsp3) is 0.417. The normalized spacial score (nSPS) is 12.3. The van der Waals surface area contributed by atoms with Crippen LogP contribution in [-0.2, 0) is 26.2 Å².